The van der Waals surface area contributed by atoms with Gasteiger partial charge in [-0.15, -0.1) is 11.3 Å². The van der Waals surface area contributed by atoms with Gasteiger partial charge >= 0.3 is 5.97 Å². The fourth-order valence-corrected chi connectivity index (χ4v) is 4.46. The molecule has 0 saturated carbocycles. The van der Waals surface area contributed by atoms with Gasteiger partial charge in [0.05, 0.1) is 6.54 Å². The van der Waals surface area contributed by atoms with Gasteiger partial charge in [0.25, 0.3) is 0 Å². The fourth-order valence-electron chi connectivity index (χ4n) is 3.44. The van der Waals surface area contributed by atoms with Gasteiger partial charge in [-0.1, -0.05) is 54.6 Å². The second kappa shape index (κ2) is 12.5. The SMILES string of the molecule is NC(=O)CNC(=O)[C@H](CCC(=O)O)NC(=O)CCc1ccc(-c2ccc(-c3ccccc3)s2)cc1. The maximum atomic E-state index is 12.4. The molecule has 0 spiro atoms. The smallest absolute Gasteiger partial charge is 0.303 e. The Hall–Kier alpha value is -3.98. The van der Waals surface area contributed by atoms with Crippen LogP contribution in [0.1, 0.15) is 24.8 Å². The molecule has 0 aliphatic carbocycles. The first-order chi connectivity index (χ1) is 16.8. The third kappa shape index (κ3) is 8.08. The molecule has 8 nitrogen and oxygen atoms in total. The Bertz CT molecular complexity index is 1180. The van der Waals surface area contributed by atoms with Crippen LogP contribution in [0.25, 0.3) is 20.9 Å². The summed E-state index contributed by atoms with van der Waals surface area (Å²) in [5, 5.41) is 13.8. The van der Waals surface area contributed by atoms with Crippen molar-refractivity contribution >= 4 is 35.0 Å². The fraction of sp³-hybridized carbons (Fsp3) is 0.231. The van der Waals surface area contributed by atoms with Gasteiger partial charge in [0, 0.05) is 22.6 Å². The first-order valence-electron chi connectivity index (χ1n) is 11.1. The lowest BCUT2D eigenvalue weighted by Crippen LogP contribution is -2.48. The molecular weight excluding hydrogens is 466 g/mol. The third-order valence-electron chi connectivity index (χ3n) is 5.28. The number of carbonyl (C=O) groups excluding carboxylic acids is 3. The highest BCUT2D eigenvalue weighted by molar-refractivity contribution is 7.18. The molecule has 1 heterocycles. The van der Waals surface area contributed by atoms with E-state index in [1.54, 1.807) is 11.3 Å². The molecule has 0 aliphatic heterocycles. The second-order valence-corrected chi connectivity index (χ2v) is 9.05. The van der Waals surface area contributed by atoms with E-state index in [4.69, 9.17) is 10.8 Å². The summed E-state index contributed by atoms with van der Waals surface area (Å²) in [5.74, 6) is -2.85. The molecule has 3 rings (SSSR count). The standard InChI is InChI=1S/C26H27N3O5S/c27-23(30)16-28-26(34)20(11-15-25(32)33)29-24(31)14-8-17-6-9-19(10-7-17)22-13-12-21(35-22)18-4-2-1-3-5-18/h1-7,9-10,12-13,20H,8,11,14-16H2,(H2,27,30)(H,28,34)(H,29,31)(H,32,33)/t20-/m0/s1. The molecule has 0 unspecified atom stereocenters. The summed E-state index contributed by atoms with van der Waals surface area (Å²) in [7, 11) is 0. The lowest BCUT2D eigenvalue weighted by atomic mass is 10.1. The van der Waals surface area contributed by atoms with Crippen LogP contribution in [0.15, 0.2) is 66.7 Å². The molecular formula is C26H27N3O5S. The highest BCUT2D eigenvalue weighted by Gasteiger charge is 2.22. The van der Waals surface area contributed by atoms with Crippen LogP contribution in [-0.4, -0.2) is 41.4 Å². The summed E-state index contributed by atoms with van der Waals surface area (Å²) in [5.41, 5.74) is 8.24. The quantitative estimate of drug-likeness (QED) is 0.307. The number of aryl methyl sites for hydroxylation is 1. The number of rotatable bonds is 12. The second-order valence-electron chi connectivity index (χ2n) is 7.96. The van der Waals surface area contributed by atoms with Crippen LogP contribution in [-0.2, 0) is 25.6 Å². The molecule has 0 radical (unpaired) electrons. The van der Waals surface area contributed by atoms with E-state index in [1.807, 2.05) is 42.5 Å². The van der Waals surface area contributed by atoms with Crippen molar-refractivity contribution in [2.75, 3.05) is 6.54 Å². The van der Waals surface area contributed by atoms with Crippen molar-refractivity contribution < 1.29 is 24.3 Å². The van der Waals surface area contributed by atoms with Crippen LogP contribution >= 0.6 is 11.3 Å². The minimum atomic E-state index is -1.09. The van der Waals surface area contributed by atoms with Crippen molar-refractivity contribution in [2.24, 2.45) is 5.73 Å². The van der Waals surface area contributed by atoms with Crippen LogP contribution in [0.3, 0.4) is 0 Å². The van der Waals surface area contributed by atoms with Gasteiger partial charge < -0.3 is 21.5 Å². The van der Waals surface area contributed by atoms with E-state index in [-0.39, 0.29) is 31.7 Å². The van der Waals surface area contributed by atoms with Gasteiger partial charge in [-0.25, -0.2) is 0 Å². The number of hydrogen-bond acceptors (Lipinski definition) is 5. The highest BCUT2D eigenvalue weighted by Crippen LogP contribution is 2.34. The maximum absolute atomic E-state index is 12.4. The zero-order chi connectivity index (χ0) is 25.2. The third-order valence-corrected chi connectivity index (χ3v) is 6.46. The van der Waals surface area contributed by atoms with E-state index in [1.165, 1.54) is 10.4 Å². The molecule has 182 valence electrons. The molecule has 1 atom stereocenters. The number of benzene rings is 2. The molecule has 0 aliphatic rings. The Balaban J connectivity index is 1.55. The number of amides is 3. The normalized spacial score (nSPS) is 11.4. The lowest BCUT2D eigenvalue weighted by molar-refractivity contribution is -0.138. The molecule has 3 amide bonds. The first-order valence-corrected chi connectivity index (χ1v) is 11.9. The van der Waals surface area contributed by atoms with E-state index in [2.05, 4.69) is 34.9 Å². The number of nitrogens with two attached hydrogens (primary N) is 1. The van der Waals surface area contributed by atoms with Crippen molar-refractivity contribution in [2.45, 2.75) is 31.7 Å². The molecule has 0 fully saturated rings. The number of nitrogens with one attached hydrogen (secondary N) is 2. The van der Waals surface area contributed by atoms with Crippen molar-refractivity contribution in [3.8, 4) is 20.9 Å². The summed E-state index contributed by atoms with van der Waals surface area (Å²) in [6.45, 7) is -0.387. The van der Waals surface area contributed by atoms with Gasteiger partial charge in [-0.05, 0) is 41.7 Å². The number of aliphatic carboxylic acids is 1. The molecule has 3 aromatic rings. The summed E-state index contributed by atoms with van der Waals surface area (Å²) >= 11 is 1.71. The number of carboxylic acids is 1. The topological polar surface area (TPSA) is 139 Å². The zero-order valence-electron chi connectivity index (χ0n) is 19.0. The van der Waals surface area contributed by atoms with E-state index in [0.29, 0.717) is 6.42 Å². The predicted molar refractivity (Wildman–Crippen MR) is 135 cm³/mol. The maximum Gasteiger partial charge on any atom is 0.303 e. The monoisotopic (exact) mass is 493 g/mol. The lowest BCUT2D eigenvalue weighted by Gasteiger charge is -2.17. The summed E-state index contributed by atoms with van der Waals surface area (Å²) in [6, 6.07) is 21.3. The van der Waals surface area contributed by atoms with Crippen molar-refractivity contribution in [3.63, 3.8) is 0 Å². The van der Waals surface area contributed by atoms with E-state index >= 15 is 0 Å². The Morgan fingerprint density at radius 1 is 0.857 bits per heavy atom. The van der Waals surface area contributed by atoms with E-state index < -0.39 is 23.8 Å². The Morgan fingerprint density at radius 3 is 2.09 bits per heavy atom. The number of carboxylic acid groups (broad SMARTS) is 1. The van der Waals surface area contributed by atoms with Crippen LogP contribution in [0.5, 0.6) is 0 Å². The molecule has 2 aromatic carbocycles. The molecule has 35 heavy (non-hydrogen) atoms. The molecule has 0 saturated heterocycles. The summed E-state index contributed by atoms with van der Waals surface area (Å²) in [6.07, 6.45) is 0.195. The Labute approximate surface area is 207 Å². The first kappa shape index (κ1) is 25.6. The molecule has 1 aromatic heterocycles. The van der Waals surface area contributed by atoms with Crippen LogP contribution < -0.4 is 16.4 Å². The minimum Gasteiger partial charge on any atom is -0.481 e. The van der Waals surface area contributed by atoms with Crippen LogP contribution in [0, 0.1) is 0 Å². The van der Waals surface area contributed by atoms with Gasteiger partial charge in [0.1, 0.15) is 6.04 Å². The van der Waals surface area contributed by atoms with Gasteiger partial charge in [0.15, 0.2) is 0 Å². The average molecular weight is 494 g/mol. The number of hydrogen-bond donors (Lipinski definition) is 4. The number of carbonyl (C=O) groups is 4. The Kier molecular flexibility index (Phi) is 9.14. The van der Waals surface area contributed by atoms with Gasteiger partial charge in [-0.3, -0.25) is 19.2 Å². The highest BCUT2D eigenvalue weighted by atomic mass is 32.1. The zero-order valence-corrected chi connectivity index (χ0v) is 19.8. The van der Waals surface area contributed by atoms with E-state index in [0.717, 1.165) is 16.0 Å². The van der Waals surface area contributed by atoms with E-state index in [9.17, 15) is 19.2 Å². The van der Waals surface area contributed by atoms with Crippen molar-refractivity contribution in [1.82, 2.24) is 10.6 Å². The predicted octanol–water partition coefficient (Wildman–Crippen LogP) is 2.97. The van der Waals surface area contributed by atoms with Gasteiger partial charge in [-0.2, -0.15) is 0 Å². The summed E-state index contributed by atoms with van der Waals surface area (Å²) in [4.78, 5) is 48.7. The van der Waals surface area contributed by atoms with Crippen molar-refractivity contribution in [1.29, 1.82) is 0 Å². The number of primary amides is 1. The van der Waals surface area contributed by atoms with Gasteiger partial charge in [0.2, 0.25) is 17.7 Å². The van der Waals surface area contributed by atoms with Crippen molar-refractivity contribution in [3.05, 3.63) is 72.3 Å². The average Bonchev–Trinajstić information content (AvgIpc) is 3.35. The Morgan fingerprint density at radius 2 is 1.49 bits per heavy atom. The molecule has 9 heteroatoms. The minimum absolute atomic E-state index is 0.0911. The largest absolute Gasteiger partial charge is 0.481 e. The molecule has 5 N–H and O–H groups in total. The molecule has 0 bridgehead atoms. The number of thiophene rings is 1. The summed E-state index contributed by atoms with van der Waals surface area (Å²) < 4.78 is 0. The van der Waals surface area contributed by atoms with Crippen LogP contribution in [0.4, 0.5) is 0 Å². The van der Waals surface area contributed by atoms with Crippen LogP contribution in [0.2, 0.25) is 0 Å².